The van der Waals surface area contributed by atoms with Crippen LogP contribution >= 0.6 is 11.6 Å². The zero-order valence-corrected chi connectivity index (χ0v) is 15.4. The average Bonchev–Trinajstić information content (AvgIpc) is 2.68. The summed E-state index contributed by atoms with van der Waals surface area (Å²) in [4.78, 5) is 12.0. The van der Waals surface area contributed by atoms with Gasteiger partial charge in [0.25, 0.3) is 0 Å². The number of halogens is 2. The van der Waals surface area contributed by atoms with Crippen molar-refractivity contribution in [1.82, 2.24) is 0 Å². The van der Waals surface area contributed by atoms with Crippen molar-refractivity contribution in [3.05, 3.63) is 34.6 Å². The molecule has 132 valence electrons. The van der Waals surface area contributed by atoms with E-state index < -0.39 is 35.9 Å². The van der Waals surface area contributed by atoms with E-state index in [-0.39, 0.29) is 23.6 Å². The monoisotopic (exact) mass is 356 g/mol. The molecule has 24 heavy (non-hydrogen) atoms. The summed E-state index contributed by atoms with van der Waals surface area (Å²) in [7, 11) is -0.771. The van der Waals surface area contributed by atoms with Crippen LogP contribution in [0.15, 0.2) is 18.2 Å². The van der Waals surface area contributed by atoms with Crippen molar-refractivity contribution < 1.29 is 23.2 Å². The fourth-order valence-corrected chi connectivity index (χ4v) is 2.79. The van der Waals surface area contributed by atoms with Crippen LogP contribution in [0.4, 0.5) is 4.39 Å². The van der Waals surface area contributed by atoms with E-state index in [1.54, 1.807) is 19.1 Å². The van der Waals surface area contributed by atoms with Crippen molar-refractivity contribution in [2.45, 2.75) is 58.1 Å². The standard InChI is InChI=1S/C17H23BClFO4/c1-6-22-14(21)10-12(11-8-7-9-13(19)15(11)20)18-23-16(2,3)17(4,5)24-18/h7-9,12H,6,10H2,1-5H3. The van der Waals surface area contributed by atoms with Crippen molar-refractivity contribution in [1.29, 1.82) is 0 Å². The largest absolute Gasteiger partial charge is 0.466 e. The van der Waals surface area contributed by atoms with Gasteiger partial charge in [0.1, 0.15) is 5.82 Å². The summed E-state index contributed by atoms with van der Waals surface area (Å²) in [5.41, 5.74) is -0.881. The molecule has 0 N–H and O–H groups in total. The number of ether oxygens (including phenoxy) is 1. The molecular weight excluding hydrogens is 333 g/mol. The molecule has 0 aliphatic carbocycles. The minimum Gasteiger partial charge on any atom is -0.466 e. The fraction of sp³-hybridized carbons (Fsp3) is 0.588. The fourth-order valence-electron chi connectivity index (χ4n) is 2.61. The smallest absolute Gasteiger partial charge is 0.466 e. The van der Waals surface area contributed by atoms with Gasteiger partial charge in [0, 0.05) is 5.82 Å². The summed E-state index contributed by atoms with van der Waals surface area (Å²) < 4.78 is 31.6. The molecule has 1 aromatic rings. The van der Waals surface area contributed by atoms with Crippen molar-refractivity contribution >= 4 is 24.7 Å². The highest BCUT2D eigenvalue weighted by Crippen LogP contribution is 2.42. The van der Waals surface area contributed by atoms with Gasteiger partial charge < -0.3 is 14.0 Å². The van der Waals surface area contributed by atoms with Crippen LogP contribution in [0.3, 0.4) is 0 Å². The lowest BCUT2D eigenvalue weighted by molar-refractivity contribution is -0.143. The highest BCUT2D eigenvalue weighted by Gasteiger charge is 2.54. The Morgan fingerprint density at radius 2 is 1.88 bits per heavy atom. The third-order valence-corrected chi connectivity index (χ3v) is 4.96. The predicted octanol–water partition coefficient (Wildman–Crippen LogP) is 4.15. The molecule has 1 saturated heterocycles. The van der Waals surface area contributed by atoms with Gasteiger partial charge >= 0.3 is 13.1 Å². The maximum Gasteiger partial charge on any atom is 0.466 e. The minimum atomic E-state index is -0.771. The molecule has 1 atom stereocenters. The van der Waals surface area contributed by atoms with Crippen molar-refractivity contribution in [2.24, 2.45) is 0 Å². The van der Waals surface area contributed by atoms with E-state index in [9.17, 15) is 9.18 Å². The summed E-state index contributed by atoms with van der Waals surface area (Å²) in [6.45, 7) is 9.60. The van der Waals surface area contributed by atoms with Gasteiger partial charge in [-0.25, -0.2) is 4.39 Å². The average molecular weight is 357 g/mol. The van der Waals surface area contributed by atoms with Gasteiger partial charge in [0.15, 0.2) is 0 Å². The number of carbonyl (C=O) groups excluding carboxylic acids is 1. The number of esters is 1. The maximum atomic E-state index is 14.5. The first kappa shape index (κ1) is 19.2. The van der Waals surface area contributed by atoms with Gasteiger partial charge in [0.05, 0.1) is 29.3 Å². The summed E-state index contributed by atoms with van der Waals surface area (Å²) in [6, 6.07) is 4.70. The Hall–Kier alpha value is -1.11. The van der Waals surface area contributed by atoms with Crippen LogP contribution in [0.1, 0.15) is 52.4 Å². The van der Waals surface area contributed by atoms with Crippen LogP contribution in [0.5, 0.6) is 0 Å². The Balaban J connectivity index is 2.37. The van der Waals surface area contributed by atoms with Gasteiger partial charge in [-0.2, -0.15) is 0 Å². The minimum absolute atomic E-state index is 0.00197. The molecule has 1 aliphatic heterocycles. The predicted molar refractivity (Wildman–Crippen MR) is 91.5 cm³/mol. The molecule has 0 bridgehead atoms. The van der Waals surface area contributed by atoms with Crippen molar-refractivity contribution in [2.75, 3.05) is 6.61 Å². The van der Waals surface area contributed by atoms with Gasteiger partial charge in [0.2, 0.25) is 0 Å². The van der Waals surface area contributed by atoms with Crippen molar-refractivity contribution in [3.8, 4) is 0 Å². The molecule has 7 heteroatoms. The first-order valence-corrected chi connectivity index (χ1v) is 8.42. The van der Waals surface area contributed by atoms with Gasteiger partial charge in [-0.1, -0.05) is 23.7 Å². The Bertz CT molecular complexity index is 605. The van der Waals surface area contributed by atoms with Crippen LogP contribution in [0.25, 0.3) is 0 Å². The molecule has 1 fully saturated rings. The van der Waals surface area contributed by atoms with Crippen LogP contribution in [-0.2, 0) is 18.8 Å². The van der Waals surface area contributed by atoms with Crippen LogP contribution in [-0.4, -0.2) is 30.9 Å². The number of carbonyl (C=O) groups is 1. The summed E-state index contributed by atoms with van der Waals surface area (Å²) in [6.07, 6.45) is -0.0536. The first-order chi connectivity index (χ1) is 11.1. The number of rotatable bonds is 5. The molecule has 0 radical (unpaired) electrons. The Morgan fingerprint density at radius 3 is 2.42 bits per heavy atom. The van der Waals surface area contributed by atoms with Gasteiger partial charge in [-0.15, -0.1) is 0 Å². The molecule has 0 aromatic heterocycles. The Kier molecular flexibility index (Phi) is 5.62. The van der Waals surface area contributed by atoms with Gasteiger partial charge in [-0.05, 0) is 46.2 Å². The SMILES string of the molecule is CCOC(=O)CC(B1OC(C)(C)C(C)(C)O1)c1cccc(Cl)c1F. The molecule has 0 saturated carbocycles. The zero-order chi connectivity index (χ0) is 18.1. The first-order valence-electron chi connectivity index (χ1n) is 8.04. The lowest BCUT2D eigenvalue weighted by Crippen LogP contribution is -2.41. The third-order valence-electron chi connectivity index (χ3n) is 4.67. The summed E-state index contributed by atoms with van der Waals surface area (Å²) >= 11 is 5.90. The molecular formula is C17H23BClFO4. The van der Waals surface area contributed by atoms with E-state index in [0.717, 1.165) is 0 Å². The van der Waals surface area contributed by atoms with E-state index in [0.29, 0.717) is 0 Å². The van der Waals surface area contributed by atoms with Crippen LogP contribution in [0, 0.1) is 5.82 Å². The molecule has 0 spiro atoms. The molecule has 1 aromatic carbocycles. The quantitative estimate of drug-likeness (QED) is 0.587. The lowest BCUT2D eigenvalue weighted by Gasteiger charge is -2.32. The Labute approximate surface area is 147 Å². The van der Waals surface area contributed by atoms with Crippen molar-refractivity contribution in [3.63, 3.8) is 0 Å². The van der Waals surface area contributed by atoms with Gasteiger partial charge in [-0.3, -0.25) is 4.79 Å². The molecule has 4 nitrogen and oxygen atoms in total. The number of benzene rings is 1. The topological polar surface area (TPSA) is 44.8 Å². The lowest BCUT2D eigenvalue weighted by atomic mass is 9.66. The number of hydrogen-bond acceptors (Lipinski definition) is 4. The van der Waals surface area contributed by atoms with E-state index in [1.165, 1.54) is 6.07 Å². The highest BCUT2D eigenvalue weighted by molar-refractivity contribution is 6.48. The molecule has 1 unspecified atom stereocenters. The zero-order valence-electron chi connectivity index (χ0n) is 14.7. The Morgan fingerprint density at radius 1 is 1.29 bits per heavy atom. The van der Waals surface area contributed by atoms with E-state index in [4.69, 9.17) is 25.6 Å². The summed E-state index contributed by atoms with van der Waals surface area (Å²) in [5, 5.41) is -0.00197. The second kappa shape index (κ2) is 7.02. The second-order valence-corrected chi connectivity index (χ2v) is 7.29. The van der Waals surface area contributed by atoms with E-state index in [2.05, 4.69) is 0 Å². The highest BCUT2D eigenvalue weighted by atomic mass is 35.5. The molecule has 0 amide bonds. The normalized spacial score (nSPS) is 20.0. The summed E-state index contributed by atoms with van der Waals surface area (Å²) in [5.74, 6) is -1.65. The second-order valence-electron chi connectivity index (χ2n) is 6.88. The van der Waals surface area contributed by atoms with E-state index in [1.807, 2.05) is 27.7 Å². The van der Waals surface area contributed by atoms with E-state index >= 15 is 0 Å². The van der Waals surface area contributed by atoms with Crippen LogP contribution in [0.2, 0.25) is 5.02 Å². The maximum absolute atomic E-state index is 14.5. The molecule has 2 rings (SSSR count). The molecule has 1 heterocycles. The molecule has 1 aliphatic rings. The number of hydrogen-bond donors (Lipinski definition) is 0. The van der Waals surface area contributed by atoms with Crippen LogP contribution < -0.4 is 0 Å². The third kappa shape index (κ3) is 3.76.